The fraction of sp³-hybridized carbons (Fsp3) is 0.714. The van der Waals surface area contributed by atoms with Gasteiger partial charge >= 0.3 is 0 Å². The van der Waals surface area contributed by atoms with E-state index in [9.17, 15) is 0 Å². The third-order valence-electron chi connectivity index (χ3n) is 4.30. The molecule has 0 saturated carbocycles. The molecule has 0 saturated heterocycles. The Kier molecular flexibility index (Phi) is 12.3. The second kappa shape index (κ2) is 14.2. The lowest BCUT2D eigenvalue weighted by Gasteiger charge is -2.15. The van der Waals surface area contributed by atoms with E-state index in [1.165, 1.54) is 56.9 Å². The van der Waals surface area contributed by atoms with Gasteiger partial charge < -0.3 is 14.8 Å². The molecule has 0 heterocycles. The van der Waals surface area contributed by atoms with Crippen molar-refractivity contribution in [3.63, 3.8) is 0 Å². The molecule has 0 amide bonds. The zero-order chi connectivity index (χ0) is 17.5. The van der Waals surface area contributed by atoms with Crippen LogP contribution in [0.5, 0.6) is 11.5 Å². The number of hydrogen-bond acceptors (Lipinski definition) is 3. The lowest BCUT2D eigenvalue weighted by Crippen LogP contribution is -2.16. The van der Waals surface area contributed by atoms with Crippen molar-refractivity contribution < 1.29 is 9.47 Å². The van der Waals surface area contributed by atoms with Crippen molar-refractivity contribution in [1.29, 1.82) is 0 Å². The molecule has 1 N–H and O–H groups in total. The molecule has 0 aliphatic rings. The number of nitrogens with one attached hydrogen (secondary N) is 1. The fourth-order valence-corrected chi connectivity index (χ4v) is 2.80. The van der Waals surface area contributed by atoms with Crippen LogP contribution in [0.3, 0.4) is 0 Å². The van der Waals surface area contributed by atoms with Crippen LogP contribution in [0.1, 0.15) is 77.2 Å². The summed E-state index contributed by atoms with van der Waals surface area (Å²) in [4.78, 5) is 0. The summed E-state index contributed by atoms with van der Waals surface area (Å²) in [6, 6.07) is 6.15. The maximum Gasteiger partial charge on any atom is 0.165 e. The molecular weight excluding hydrogens is 298 g/mol. The summed E-state index contributed by atoms with van der Waals surface area (Å²) < 4.78 is 11.5. The molecule has 138 valence electrons. The summed E-state index contributed by atoms with van der Waals surface area (Å²) in [6.45, 7) is 7.14. The van der Waals surface area contributed by atoms with E-state index in [0.717, 1.165) is 37.6 Å². The van der Waals surface area contributed by atoms with Gasteiger partial charge in [-0.2, -0.15) is 0 Å². The topological polar surface area (TPSA) is 30.5 Å². The summed E-state index contributed by atoms with van der Waals surface area (Å²) in [5.74, 6) is 1.75. The van der Waals surface area contributed by atoms with Gasteiger partial charge in [-0.15, -0.1) is 0 Å². The fourth-order valence-electron chi connectivity index (χ4n) is 2.80. The zero-order valence-corrected chi connectivity index (χ0v) is 16.0. The molecule has 0 aliphatic heterocycles. The second-order valence-corrected chi connectivity index (χ2v) is 6.45. The number of rotatable bonds is 15. The van der Waals surface area contributed by atoms with Gasteiger partial charge in [0.1, 0.15) is 0 Å². The van der Waals surface area contributed by atoms with Gasteiger partial charge in [0.2, 0.25) is 0 Å². The standard InChI is InChI=1S/C21H37NO2/c1-4-6-8-9-10-11-16-22-18-19-14-13-15-20(23-3)21(19)24-17-12-7-5-2/h13-15,22H,4-12,16-18H2,1-3H3. The predicted molar refractivity (Wildman–Crippen MR) is 103 cm³/mol. The monoisotopic (exact) mass is 335 g/mol. The quantitative estimate of drug-likeness (QED) is 0.416. The molecular formula is C21H37NO2. The summed E-state index contributed by atoms with van der Waals surface area (Å²) in [7, 11) is 1.71. The largest absolute Gasteiger partial charge is 0.493 e. The van der Waals surface area contributed by atoms with Gasteiger partial charge in [0.05, 0.1) is 13.7 Å². The van der Waals surface area contributed by atoms with Gasteiger partial charge in [0, 0.05) is 12.1 Å². The van der Waals surface area contributed by atoms with Gasteiger partial charge in [-0.1, -0.05) is 70.9 Å². The predicted octanol–water partition coefficient (Wildman–Crippen LogP) is 5.71. The highest BCUT2D eigenvalue weighted by Crippen LogP contribution is 2.31. The van der Waals surface area contributed by atoms with Crippen molar-refractivity contribution in [3.05, 3.63) is 23.8 Å². The normalized spacial score (nSPS) is 10.8. The maximum atomic E-state index is 6.02. The molecule has 3 heteroatoms. The van der Waals surface area contributed by atoms with E-state index in [1.54, 1.807) is 7.11 Å². The Bertz CT molecular complexity index is 420. The second-order valence-electron chi connectivity index (χ2n) is 6.45. The number of para-hydroxylation sites is 1. The first-order chi connectivity index (χ1) is 11.8. The average Bonchev–Trinajstić information content (AvgIpc) is 2.61. The Labute approximate surface area is 149 Å². The number of unbranched alkanes of at least 4 members (excludes halogenated alkanes) is 7. The third kappa shape index (κ3) is 8.58. The van der Waals surface area contributed by atoms with Crippen molar-refractivity contribution in [2.24, 2.45) is 0 Å². The Morgan fingerprint density at radius 1 is 0.875 bits per heavy atom. The lowest BCUT2D eigenvalue weighted by atomic mass is 10.1. The van der Waals surface area contributed by atoms with E-state index in [4.69, 9.17) is 9.47 Å². The molecule has 0 aliphatic carbocycles. The number of hydrogen-bond donors (Lipinski definition) is 1. The number of ether oxygens (including phenoxy) is 2. The van der Waals surface area contributed by atoms with E-state index in [0.29, 0.717) is 0 Å². The van der Waals surface area contributed by atoms with Crippen LogP contribution in [0.4, 0.5) is 0 Å². The van der Waals surface area contributed by atoms with Crippen LogP contribution < -0.4 is 14.8 Å². The van der Waals surface area contributed by atoms with Gasteiger partial charge in [-0.05, 0) is 25.5 Å². The molecule has 3 nitrogen and oxygen atoms in total. The first kappa shape index (κ1) is 20.8. The van der Waals surface area contributed by atoms with Gasteiger partial charge in [0.25, 0.3) is 0 Å². The first-order valence-corrected chi connectivity index (χ1v) is 9.82. The van der Waals surface area contributed by atoms with Crippen LogP contribution in [-0.4, -0.2) is 20.3 Å². The van der Waals surface area contributed by atoms with Crippen molar-refractivity contribution >= 4 is 0 Å². The zero-order valence-electron chi connectivity index (χ0n) is 16.0. The minimum absolute atomic E-state index is 0.763. The molecule has 0 fully saturated rings. The number of benzene rings is 1. The first-order valence-electron chi connectivity index (χ1n) is 9.82. The SMILES string of the molecule is CCCCCCCCNCc1cccc(OC)c1OCCCCC. The highest BCUT2D eigenvalue weighted by Gasteiger charge is 2.10. The molecule has 0 bridgehead atoms. The Hall–Kier alpha value is -1.22. The summed E-state index contributed by atoms with van der Waals surface area (Å²) >= 11 is 0. The molecule has 1 rings (SSSR count). The minimum Gasteiger partial charge on any atom is -0.493 e. The van der Waals surface area contributed by atoms with E-state index in [1.807, 2.05) is 12.1 Å². The molecule has 1 aromatic carbocycles. The van der Waals surface area contributed by atoms with Crippen LogP contribution in [0.25, 0.3) is 0 Å². The molecule has 0 atom stereocenters. The Balaban J connectivity index is 2.37. The highest BCUT2D eigenvalue weighted by atomic mass is 16.5. The van der Waals surface area contributed by atoms with Crippen molar-refractivity contribution in [2.45, 2.75) is 78.2 Å². The highest BCUT2D eigenvalue weighted by molar-refractivity contribution is 5.46. The van der Waals surface area contributed by atoms with Gasteiger partial charge in [-0.25, -0.2) is 0 Å². The van der Waals surface area contributed by atoms with Crippen LogP contribution in [0.2, 0.25) is 0 Å². The van der Waals surface area contributed by atoms with Crippen molar-refractivity contribution in [1.82, 2.24) is 5.32 Å². The summed E-state index contributed by atoms with van der Waals surface area (Å²) in [6.07, 6.45) is 11.5. The molecule has 24 heavy (non-hydrogen) atoms. The van der Waals surface area contributed by atoms with Crippen molar-refractivity contribution in [2.75, 3.05) is 20.3 Å². The van der Waals surface area contributed by atoms with Crippen molar-refractivity contribution in [3.8, 4) is 11.5 Å². The van der Waals surface area contributed by atoms with Crippen LogP contribution in [0.15, 0.2) is 18.2 Å². The smallest absolute Gasteiger partial charge is 0.165 e. The van der Waals surface area contributed by atoms with Crippen LogP contribution in [0, 0.1) is 0 Å². The lowest BCUT2D eigenvalue weighted by molar-refractivity contribution is 0.282. The van der Waals surface area contributed by atoms with E-state index in [2.05, 4.69) is 25.2 Å². The summed E-state index contributed by atoms with van der Waals surface area (Å²) in [5.41, 5.74) is 1.19. The average molecular weight is 336 g/mol. The van der Waals surface area contributed by atoms with Gasteiger partial charge in [0.15, 0.2) is 11.5 Å². The molecule has 0 spiro atoms. The minimum atomic E-state index is 0.763. The van der Waals surface area contributed by atoms with E-state index in [-0.39, 0.29) is 0 Å². The molecule has 0 radical (unpaired) electrons. The Morgan fingerprint density at radius 3 is 2.33 bits per heavy atom. The van der Waals surface area contributed by atoms with Gasteiger partial charge in [-0.3, -0.25) is 0 Å². The molecule has 0 aromatic heterocycles. The molecule has 1 aromatic rings. The summed E-state index contributed by atoms with van der Waals surface area (Å²) in [5, 5.41) is 3.55. The molecule has 0 unspecified atom stereocenters. The number of methoxy groups -OCH3 is 1. The van der Waals surface area contributed by atoms with E-state index < -0.39 is 0 Å². The third-order valence-corrected chi connectivity index (χ3v) is 4.30. The van der Waals surface area contributed by atoms with E-state index >= 15 is 0 Å². The van der Waals surface area contributed by atoms with Crippen LogP contribution in [-0.2, 0) is 6.54 Å². The maximum absolute atomic E-state index is 6.02. The Morgan fingerprint density at radius 2 is 1.58 bits per heavy atom. The van der Waals surface area contributed by atoms with Crippen LogP contribution >= 0.6 is 0 Å².